The Morgan fingerprint density at radius 1 is 1.33 bits per heavy atom. The van der Waals surface area contributed by atoms with Crippen molar-refractivity contribution in [1.29, 1.82) is 0 Å². The minimum atomic E-state index is -2.44. The highest BCUT2D eigenvalue weighted by molar-refractivity contribution is 9.10. The summed E-state index contributed by atoms with van der Waals surface area (Å²) < 4.78 is 25.0. The molecule has 0 aliphatic carbocycles. The van der Waals surface area contributed by atoms with Gasteiger partial charge in [-0.15, -0.1) is 0 Å². The largest absolute Gasteiger partial charge is 0.326 e. The van der Waals surface area contributed by atoms with Crippen molar-refractivity contribution in [2.45, 2.75) is 13.0 Å². The highest BCUT2D eigenvalue weighted by Crippen LogP contribution is 2.23. The minimum absolute atomic E-state index is 0.00447. The Hall–Kier alpha value is -0.480. The first-order valence-electron chi connectivity index (χ1n) is 3.41. The van der Waals surface area contributed by atoms with Gasteiger partial charge in [0, 0.05) is 16.6 Å². The van der Waals surface area contributed by atoms with E-state index < -0.39 is 6.43 Å². The van der Waals surface area contributed by atoms with E-state index in [0.717, 1.165) is 0 Å². The summed E-state index contributed by atoms with van der Waals surface area (Å²) >= 11 is 3.13. The zero-order valence-corrected chi connectivity index (χ0v) is 7.81. The van der Waals surface area contributed by atoms with Crippen LogP contribution in [0.5, 0.6) is 0 Å². The number of hydrogen-bond donors (Lipinski definition) is 1. The summed E-state index contributed by atoms with van der Waals surface area (Å²) in [7, 11) is 0. The molecule has 0 fully saturated rings. The second kappa shape index (κ2) is 3.96. The summed E-state index contributed by atoms with van der Waals surface area (Å²) in [5, 5.41) is 0. The van der Waals surface area contributed by atoms with E-state index in [9.17, 15) is 8.78 Å². The van der Waals surface area contributed by atoms with E-state index in [2.05, 4.69) is 15.9 Å². The number of nitrogens with two attached hydrogens (primary N) is 1. The summed E-state index contributed by atoms with van der Waals surface area (Å²) in [5.74, 6) is 0. The van der Waals surface area contributed by atoms with Crippen molar-refractivity contribution in [3.63, 3.8) is 0 Å². The third-order valence-electron chi connectivity index (χ3n) is 1.47. The Morgan fingerprint density at radius 3 is 2.50 bits per heavy atom. The third-order valence-corrected chi connectivity index (χ3v) is 1.93. The molecule has 66 valence electrons. The van der Waals surface area contributed by atoms with Crippen LogP contribution in [0.25, 0.3) is 0 Å². The molecule has 1 nitrogen and oxygen atoms in total. The van der Waals surface area contributed by atoms with Gasteiger partial charge in [0.05, 0.1) is 0 Å². The van der Waals surface area contributed by atoms with Crippen molar-refractivity contribution in [1.82, 2.24) is 0 Å². The quantitative estimate of drug-likeness (QED) is 0.839. The number of halogens is 3. The first-order valence-corrected chi connectivity index (χ1v) is 4.20. The average Bonchev–Trinajstić information content (AvgIpc) is 2.03. The van der Waals surface area contributed by atoms with Gasteiger partial charge in [-0.25, -0.2) is 8.78 Å². The van der Waals surface area contributed by atoms with Crippen molar-refractivity contribution >= 4 is 15.9 Å². The van der Waals surface area contributed by atoms with Gasteiger partial charge in [0.25, 0.3) is 6.43 Å². The second-order valence-electron chi connectivity index (χ2n) is 2.40. The third kappa shape index (κ3) is 2.25. The molecule has 12 heavy (non-hydrogen) atoms. The fourth-order valence-electron chi connectivity index (χ4n) is 0.919. The van der Waals surface area contributed by atoms with Crippen LogP contribution in [-0.4, -0.2) is 0 Å². The van der Waals surface area contributed by atoms with Crippen LogP contribution in [0.3, 0.4) is 0 Å². The molecule has 0 unspecified atom stereocenters. The van der Waals surface area contributed by atoms with Crippen LogP contribution in [-0.2, 0) is 6.54 Å². The molecular formula is C8H8BrF2N. The summed E-state index contributed by atoms with van der Waals surface area (Å²) in [6.07, 6.45) is -2.44. The van der Waals surface area contributed by atoms with Gasteiger partial charge in [0.1, 0.15) is 0 Å². The fraction of sp³-hybridized carbons (Fsp3) is 0.250. The van der Waals surface area contributed by atoms with Gasteiger partial charge >= 0.3 is 0 Å². The number of rotatable bonds is 2. The van der Waals surface area contributed by atoms with Crippen molar-refractivity contribution in [2.75, 3.05) is 0 Å². The van der Waals surface area contributed by atoms with E-state index in [4.69, 9.17) is 5.73 Å². The molecule has 0 saturated heterocycles. The van der Waals surface area contributed by atoms with Crippen molar-refractivity contribution in [3.05, 3.63) is 33.8 Å². The van der Waals surface area contributed by atoms with E-state index >= 15 is 0 Å². The first kappa shape index (κ1) is 9.61. The first-order chi connectivity index (χ1) is 5.63. The lowest BCUT2D eigenvalue weighted by Crippen LogP contribution is -1.97. The second-order valence-corrected chi connectivity index (χ2v) is 3.31. The van der Waals surface area contributed by atoms with Gasteiger partial charge in [0.15, 0.2) is 0 Å². The van der Waals surface area contributed by atoms with Crippen molar-refractivity contribution in [2.24, 2.45) is 5.73 Å². The van der Waals surface area contributed by atoms with Gasteiger partial charge in [0.2, 0.25) is 0 Å². The number of benzene rings is 1. The molecule has 1 aromatic rings. The summed E-state index contributed by atoms with van der Waals surface area (Å²) in [6, 6.07) is 4.53. The van der Waals surface area contributed by atoms with Crippen molar-refractivity contribution < 1.29 is 8.78 Å². The SMILES string of the molecule is NCc1cc(Br)cc(C(F)F)c1. The highest BCUT2D eigenvalue weighted by Gasteiger charge is 2.08. The predicted molar refractivity (Wildman–Crippen MR) is 47.0 cm³/mol. The van der Waals surface area contributed by atoms with Crippen molar-refractivity contribution in [3.8, 4) is 0 Å². The molecule has 0 atom stereocenters. The highest BCUT2D eigenvalue weighted by atomic mass is 79.9. The Balaban J connectivity index is 3.06. The molecule has 1 rings (SSSR count). The number of hydrogen-bond acceptors (Lipinski definition) is 1. The monoisotopic (exact) mass is 235 g/mol. The Labute approximate surface area is 77.7 Å². The zero-order chi connectivity index (χ0) is 9.14. The predicted octanol–water partition coefficient (Wildman–Crippen LogP) is 2.85. The summed E-state index contributed by atoms with van der Waals surface area (Å²) in [5.41, 5.74) is 6.03. The van der Waals surface area contributed by atoms with Gasteiger partial charge in [-0.2, -0.15) is 0 Å². The molecule has 0 radical (unpaired) electrons. The lowest BCUT2D eigenvalue weighted by Gasteiger charge is -2.03. The molecule has 0 amide bonds. The van der Waals surface area contributed by atoms with E-state index in [1.807, 2.05) is 0 Å². The molecule has 0 aliphatic heterocycles. The lowest BCUT2D eigenvalue weighted by atomic mass is 10.1. The molecule has 1 aromatic carbocycles. The topological polar surface area (TPSA) is 26.0 Å². The Kier molecular flexibility index (Phi) is 3.17. The van der Waals surface area contributed by atoms with E-state index in [1.54, 1.807) is 6.07 Å². The molecule has 0 heterocycles. The Bertz CT molecular complexity index is 276. The molecule has 0 aromatic heterocycles. The van der Waals surface area contributed by atoms with Gasteiger partial charge in [-0.3, -0.25) is 0 Å². The molecule has 0 spiro atoms. The minimum Gasteiger partial charge on any atom is -0.326 e. The van der Waals surface area contributed by atoms with Crippen LogP contribution < -0.4 is 5.73 Å². The van der Waals surface area contributed by atoms with E-state index in [0.29, 0.717) is 10.0 Å². The standard InChI is InChI=1S/C8H8BrF2N/c9-7-2-5(4-12)1-6(3-7)8(10)11/h1-3,8H,4,12H2. The maximum atomic E-state index is 12.2. The van der Waals surface area contributed by atoms with Crippen LogP contribution in [0.1, 0.15) is 17.6 Å². The van der Waals surface area contributed by atoms with Gasteiger partial charge < -0.3 is 5.73 Å². The summed E-state index contributed by atoms with van der Waals surface area (Å²) in [4.78, 5) is 0. The lowest BCUT2D eigenvalue weighted by molar-refractivity contribution is 0.151. The van der Waals surface area contributed by atoms with Gasteiger partial charge in [-0.1, -0.05) is 15.9 Å². The smallest absolute Gasteiger partial charge is 0.263 e. The van der Waals surface area contributed by atoms with Crippen LogP contribution in [0.2, 0.25) is 0 Å². The zero-order valence-electron chi connectivity index (χ0n) is 6.23. The molecule has 0 saturated carbocycles. The van der Waals surface area contributed by atoms with Crippen LogP contribution in [0.4, 0.5) is 8.78 Å². The van der Waals surface area contributed by atoms with Gasteiger partial charge in [-0.05, 0) is 23.8 Å². The molecule has 4 heteroatoms. The van der Waals surface area contributed by atoms with Crippen LogP contribution >= 0.6 is 15.9 Å². The molecular weight excluding hydrogens is 228 g/mol. The molecule has 2 N–H and O–H groups in total. The Morgan fingerprint density at radius 2 is 2.00 bits per heavy atom. The maximum absolute atomic E-state index is 12.2. The fourth-order valence-corrected chi connectivity index (χ4v) is 1.48. The summed E-state index contributed by atoms with van der Waals surface area (Å²) in [6.45, 7) is 0.277. The van der Waals surface area contributed by atoms with E-state index in [1.165, 1.54) is 12.1 Å². The molecule has 0 bridgehead atoms. The normalized spacial score (nSPS) is 10.8. The molecule has 0 aliphatic rings. The number of alkyl halides is 2. The maximum Gasteiger partial charge on any atom is 0.263 e. The van der Waals surface area contributed by atoms with Crippen LogP contribution in [0.15, 0.2) is 22.7 Å². The van der Waals surface area contributed by atoms with Crippen LogP contribution in [0, 0.1) is 0 Å². The average molecular weight is 236 g/mol. The van der Waals surface area contributed by atoms with E-state index in [-0.39, 0.29) is 12.1 Å².